The minimum Gasteiger partial charge on any atom is -0.326 e. The quantitative estimate of drug-likeness (QED) is 0.906. The highest BCUT2D eigenvalue weighted by atomic mass is 19.1. The third-order valence-electron chi connectivity index (χ3n) is 3.89. The third-order valence-corrected chi connectivity index (χ3v) is 3.89. The van der Waals surface area contributed by atoms with Gasteiger partial charge in [0.2, 0.25) is 5.91 Å². The first-order valence-electron chi connectivity index (χ1n) is 7.03. The number of hydrogen-bond donors (Lipinski definition) is 2. The zero-order valence-corrected chi connectivity index (χ0v) is 11.6. The van der Waals surface area contributed by atoms with Crippen LogP contribution in [0.2, 0.25) is 0 Å². The summed E-state index contributed by atoms with van der Waals surface area (Å²) in [5.74, 6) is -0.0677. The number of halogens is 1. The van der Waals surface area contributed by atoms with Gasteiger partial charge in [0, 0.05) is 23.7 Å². The Hall–Kier alpha value is -2.20. The number of nitrogens with two attached hydrogens (primary N) is 1. The third kappa shape index (κ3) is 2.95. The fourth-order valence-electron chi connectivity index (χ4n) is 2.60. The molecule has 1 aliphatic rings. The second-order valence-corrected chi connectivity index (χ2v) is 5.36. The molecule has 0 aromatic heterocycles. The largest absolute Gasteiger partial charge is 0.326 e. The van der Waals surface area contributed by atoms with Gasteiger partial charge < -0.3 is 11.1 Å². The summed E-state index contributed by atoms with van der Waals surface area (Å²) < 4.78 is 13.4. The molecule has 1 amide bonds. The molecule has 0 spiro atoms. The number of rotatable bonds is 4. The normalized spacial score (nSPS) is 20.1. The zero-order valence-electron chi connectivity index (χ0n) is 11.6. The molecule has 0 saturated heterocycles. The monoisotopic (exact) mass is 284 g/mol. The van der Waals surface area contributed by atoms with Crippen LogP contribution in [0, 0.1) is 11.7 Å². The molecular formula is C17H17FN2O. The summed E-state index contributed by atoms with van der Waals surface area (Å²) in [6, 6.07) is 14.5. The Labute approximate surface area is 123 Å². The van der Waals surface area contributed by atoms with Crippen LogP contribution in [0.4, 0.5) is 10.1 Å². The van der Waals surface area contributed by atoms with Gasteiger partial charge in [-0.25, -0.2) is 4.39 Å². The van der Waals surface area contributed by atoms with Crippen molar-refractivity contribution in [3.63, 3.8) is 0 Å². The van der Waals surface area contributed by atoms with Gasteiger partial charge in [-0.3, -0.25) is 4.79 Å². The molecule has 1 fully saturated rings. The molecule has 0 bridgehead atoms. The van der Waals surface area contributed by atoms with Crippen LogP contribution in [0.15, 0.2) is 48.5 Å². The predicted molar refractivity (Wildman–Crippen MR) is 80.2 cm³/mol. The maximum atomic E-state index is 13.4. The van der Waals surface area contributed by atoms with Gasteiger partial charge in [0.15, 0.2) is 0 Å². The first-order valence-corrected chi connectivity index (χ1v) is 7.03. The van der Waals surface area contributed by atoms with E-state index in [2.05, 4.69) is 5.32 Å². The highest BCUT2D eigenvalue weighted by molar-refractivity contribution is 5.95. The van der Waals surface area contributed by atoms with E-state index in [0.717, 1.165) is 6.42 Å². The lowest BCUT2D eigenvalue weighted by atomic mass is 10.1. The fourth-order valence-corrected chi connectivity index (χ4v) is 2.60. The van der Waals surface area contributed by atoms with Crippen LogP contribution < -0.4 is 11.1 Å². The number of hydrogen-bond acceptors (Lipinski definition) is 2. The maximum absolute atomic E-state index is 13.4. The van der Waals surface area contributed by atoms with E-state index >= 15 is 0 Å². The number of nitrogens with one attached hydrogen (secondary N) is 1. The molecule has 0 radical (unpaired) electrons. The van der Waals surface area contributed by atoms with Gasteiger partial charge in [-0.1, -0.05) is 30.3 Å². The van der Waals surface area contributed by atoms with Crippen LogP contribution >= 0.6 is 0 Å². The first kappa shape index (κ1) is 13.8. The van der Waals surface area contributed by atoms with Crippen LogP contribution in [-0.2, 0) is 11.3 Å². The summed E-state index contributed by atoms with van der Waals surface area (Å²) in [5, 5.41) is 2.84. The van der Waals surface area contributed by atoms with Crippen LogP contribution in [0.1, 0.15) is 23.5 Å². The second kappa shape index (κ2) is 5.66. The second-order valence-electron chi connectivity index (χ2n) is 5.36. The molecule has 21 heavy (non-hydrogen) atoms. The number of anilines is 1. The van der Waals surface area contributed by atoms with E-state index in [-0.39, 0.29) is 24.2 Å². The van der Waals surface area contributed by atoms with Crippen molar-refractivity contribution in [2.45, 2.75) is 18.9 Å². The van der Waals surface area contributed by atoms with Gasteiger partial charge >= 0.3 is 0 Å². The van der Waals surface area contributed by atoms with Gasteiger partial charge in [-0.2, -0.15) is 0 Å². The average Bonchev–Trinajstić information content (AvgIpc) is 3.31. The van der Waals surface area contributed by atoms with Gasteiger partial charge in [-0.15, -0.1) is 0 Å². The van der Waals surface area contributed by atoms with E-state index in [0.29, 0.717) is 17.2 Å². The SMILES string of the molecule is NCc1cc(NC(=O)C2CC2c2ccccc2)ccc1F. The lowest BCUT2D eigenvalue weighted by Crippen LogP contribution is -2.15. The highest BCUT2D eigenvalue weighted by Gasteiger charge is 2.43. The molecule has 1 saturated carbocycles. The first-order chi connectivity index (χ1) is 10.2. The Morgan fingerprint density at radius 3 is 2.71 bits per heavy atom. The summed E-state index contributed by atoms with van der Waals surface area (Å²) in [7, 11) is 0. The molecule has 4 heteroatoms. The van der Waals surface area contributed by atoms with E-state index in [1.165, 1.54) is 11.6 Å². The molecule has 0 aliphatic heterocycles. The van der Waals surface area contributed by atoms with Crippen LogP contribution in [0.25, 0.3) is 0 Å². The molecule has 3 N–H and O–H groups in total. The van der Waals surface area contributed by atoms with Crippen molar-refractivity contribution in [2.75, 3.05) is 5.32 Å². The number of carbonyl (C=O) groups excluding carboxylic acids is 1. The summed E-state index contributed by atoms with van der Waals surface area (Å²) in [4.78, 5) is 12.2. The molecule has 3 nitrogen and oxygen atoms in total. The molecule has 2 atom stereocenters. The minimum atomic E-state index is -0.343. The van der Waals surface area contributed by atoms with Crippen molar-refractivity contribution in [1.29, 1.82) is 0 Å². The Morgan fingerprint density at radius 2 is 2.00 bits per heavy atom. The lowest BCUT2D eigenvalue weighted by Gasteiger charge is -2.07. The summed E-state index contributed by atoms with van der Waals surface area (Å²) in [6.07, 6.45) is 0.862. The van der Waals surface area contributed by atoms with Crippen LogP contribution in [-0.4, -0.2) is 5.91 Å². The Kier molecular flexibility index (Phi) is 3.71. The van der Waals surface area contributed by atoms with Crippen LogP contribution in [0.5, 0.6) is 0 Å². The Morgan fingerprint density at radius 1 is 1.24 bits per heavy atom. The van der Waals surface area contributed by atoms with Crippen molar-refractivity contribution in [3.8, 4) is 0 Å². The number of benzene rings is 2. The molecule has 2 unspecified atom stereocenters. The highest BCUT2D eigenvalue weighted by Crippen LogP contribution is 2.47. The van der Waals surface area contributed by atoms with Crippen molar-refractivity contribution in [2.24, 2.45) is 11.7 Å². The van der Waals surface area contributed by atoms with Crippen molar-refractivity contribution < 1.29 is 9.18 Å². The maximum Gasteiger partial charge on any atom is 0.228 e. The topological polar surface area (TPSA) is 55.1 Å². The summed E-state index contributed by atoms with van der Waals surface area (Å²) in [5.41, 5.74) is 7.67. The molecule has 2 aromatic carbocycles. The number of amides is 1. The van der Waals surface area contributed by atoms with Crippen LogP contribution in [0.3, 0.4) is 0 Å². The van der Waals surface area contributed by atoms with Crippen molar-refractivity contribution >= 4 is 11.6 Å². The van der Waals surface area contributed by atoms with Gasteiger partial charge in [0.05, 0.1) is 0 Å². The summed E-state index contributed by atoms with van der Waals surface area (Å²) >= 11 is 0. The molecular weight excluding hydrogens is 267 g/mol. The van der Waals surface area contributed by atoms with E-state index in [1.54, 1.807) is 12.1 Å². The number of carbonyl (C=O) groups is 1. The average molecular weight is 284 g/mol. The van der Waals surface area contributed by atoms with Gasteiger partial charge in [0.1, 0.15) is 5.82 Å². The minimum absolute atomic E-state index is 0.00113. The van der Waals surface area contributed by atoms with Gasteiger partial charge in [-0.05, 0) is 36.1 Å². The zero-order chi connectivity index (χ0) is 14.8. The van der Waals surface area contributed by atoms with Crippen molar-refractivity contribution in [1.82, 2.24) is 0 Å². The van der Waals surface area contributed by atoms with E-state index in [9.17, 15) is 9.18 Å². The molecule has 0 heterocycles. The van der Waals surface area contributed by atoms with Gasteiger partial charge in [0.25, 0.3) is 0 Å². The molecule has 3 rings (SSSR count). The van der Waals surface area contributed by atoms with E-state index in [4.69, 9.17) is 5.73 Å². The smallest absolute Gasteiger partial charge is 0.228 e. The predicted octanol–water partition coefficient (Wildman–Crippen LogP) is 3.03. The lowest BCUT2D eigenvalue weighted by molar-refractivity contribution is -0.117. The molecule has 108 valence electrons. The molecule has 1 aliphatic carbocycles. The molecule has 2 aromatic rings. The Bertz CT molecular complexity index is 657. The fraction of sp³-hybridized carbons (Fsp3) is 0.235. The van der Waals surface area contributed by atoms with Crippen molar-refractivity contribution in [3.05, 3.63) is 65.5 Å². The van der Waals surface area contributed by atoms with E-state index < -0.39 is 0 Å². The summed E-state index contributed by atoms with van der Waals surface area (Å²) in [6.45, 7) is 0.117. The standard InChI is InChI=1S/C17H17FN2O/c18-16-7-6-13(8-12(16)10-19)20-17(21)15-9-14(15)11-4-2-1-3-5-11/h1-8,14-15H,9-10,19H2,(H,20,21). The van der Waals surface area contributed by atoms with E-state index in [1.807, 2.05) is 30.3 Å². The Balaban J connectivity index is 1.66.